The van der Waals surface area contributed by atoms with Crippen molar-refractivity contribution in [1.82, 2.24) is 0 Å². The van der Waals surface area contributed by atoms with E-state index in [1.807, 2.05) is 21.4 Å². The maximum absolute atomic E-state index is 10.4. The third-order valence-corrected chi connectivity index (χ3v) is 1.87. The largest absolute Gasteiger partial charge is 0.424 e. The zero-order valence-corrected chi connectivity index (χ0v) is 8.89. The van der Waals surface area contributed by atoms with Crippen LogP contribution in [0.1, 0.15) is 0 Å². The lowest BCUT2D eigenvalue weighted by atomic mass is 10.3. The summed E-state index contributed by atoms with van der Waals surface area (Å²) in [7, 11) is 1.96. The number of rotatable bonds is 1. The third-order valence-electron chi connectivity index (χ3n) is 1.03. The van der Waals surface area contributed by atoms with Crippen LogP contribution in [0.4, 0.5) is 4.79 Å². The maximum atomic E-state index is 10.4. The first-order valence-corrected chi connectivity index (χ1v) is 4.57. The van der Waals surface area contributed by atoms with E-state index in [-0.39, 0.29) is 5.71 Å². The molecule has 1 aromatic rings. The van der Waals surface area contributed by atoms with Gasteiger partial charge in [-0.3, -0.25) is 0 Å². The second kappa shape index (κ2) is 4.02. The van der Waals surface area contributed by atoms with Gasteiger partial charge < -0.3 is 4.74 Å². The Kier molecular flexibility index (Phi) is 3.27. The summed E-state index contributed by atoms with van der Waals surface area (Å²) in [6.45, 7) is 0. The Morgan fingerprint density at radius 2 is 1.91 bits per heavy atom. The van der Waals surface area contributed by atoms with Crippen molar-refractivity contribution < 1.29 is 9.53 Å². The van der Waals surface area contributed by atoms with E-state index in [1.54, 1.807) is 12.1 Å². The predicted octanol–water partition coefficient (Wildman–Crippen LogP) is 2.67. The molecule has 0 N–H and O–H groups in total. The molecule has 0 aliphatic heterocycles. The van der Waals surface area contributed by atoms with Gasteiger partial charge in [-0.25, -0.2) is 4.79 Å². The summed E-state index contributed by atoms with van der Waals surface area (Å²) in [5, 5.41) is 0. The fourth-order valence-corrected chi connectivity index (χ4v) is 1.11. The van der Waals surface area contributed by atoms with Gasteiger partial charge in [-0.15, -0.1) is 0 Å². The Balaban J connectivity index is 2.74. The van der Waals surface area contributed by atoms with E-state index in [4.69, 9.17) is 4.74 Å². The molecule has 1 atom stereocenters. The van der Waals surface area contributed by atoms with Gasteiger partial charge in [0, 0.05) is 3.57 Å². The van der Waals surface area contributed by atoms with Crippen LogP contribution in [0.3, 0.4) is 0 Å². The van der Waals surface area contributed by atoms with Gasteiger partial charge in [0.1, 0.15) is 5.75 Å². The molecule has 0 radical (unpaired) electrons. The zero-order chi connectivity index (χ0) is 8.27. The van der Waals surface area contributed by atoms with Crippen molar-refractivity contribution >= 4 is 37.5 Å². The maximum Gasteiger partial charge on any atom is 0.325 e. The molecule has 1 aromatic carbocycles. The number of ether oxygens (including phenoxy) is 1. The van der Waals surface area contributed by atoms with Crippen LogP contribution in [0.2, 0.25) is 0 Å². The van der Waals surface area contributed by atoms with Crippen LogP contribution in [0.25, 0.3) is 0 Å². The Bertz CT molecular complexity index is 258. The summed E-state index contributed by atoms with van der Waals surface area (Å²) in [5.41, 5.74) is -0.369. The highest BCUT2D eigenvalue weighted by molar-refractivity contribution is 14.1. The Hall–Kier alpha value is -0.150. The van der Waals surface area contributed by atoms with Crippen molar-refractivity contribution in [2.45, 2.75) is 0 Å². The number of hydrogen-bond acceptors (Lipinski definition) is 2. The van der Waals surface area contributed by atoms with Crippen LogP contribution < -0.4 is 4.74 Å². The van der Waals surface area contributed by atoms with Crippen molar-refractivity contribution in [3.8, 4) is 5.75 Å². The highest BCUT2D eigenvalue weighted by Gasteiger charge is 1.95. The van der Waals surface area contributed by atoms with Crippen LogP contribution in [0.15, 0.2) is 24.3 Å². The predicted molar refractivity (Wildman–Crippen MR) is 54.9 cm³/mol. The van der Waals surface area contributed by atoms with E-state index in [9.17, 15) is 4.79 Å². The lowest BCUT2D eigenvalue weighted by molar-refractivity contribution is 0.227. The van der Waals surface area contributed by atoms with Gasteiger partial charge in [-0.2, -0.15) is 0 Å². The topological polar surface area (TPSA) is 26.3 Å². The standard InChI is InChI=1S/C7H6IO2P/c8-5-1-3-6(4-2-5)10-7(9)11/h1-4H,11H2. The van der Waals surface area contributed by atoms with Gasteiger partial charge in [0.25, 0.3) is 0 Å². The lowest BCUT2D eigenvalue weighted by Crippen LogP contribution is -1.94. The van der Waals surface area contributed by atoms with E-state index in [0.717, 1.165) is 3.57 Å². The fourth-order valence-electron chi connectivity index (χ4n) is 0.619. The van der Waals surface area contributed by atoms with E-state index in [0.29, 0.717) is 5.75 Å². The molecule has 58 valence electrons. The van der Waals surface area contributed by atoms with Crippen molar-refractivity contribution in [3.63, 3.8) is 0 Å². The minimum Gasteiger partial charge on any atom is -0.424 e. The lowest BCUT2D eigenvalue weighted by Gasteiger charge is -1.98. The number of halogens is 1. The molecule has 0 aliphatic carbocycles. The number of hydrogen-bond donors (Lipinski definition) is 0. The van der Waals surface area contributed by atoms with Gasteiger partial charge in [0.2, 0.25) is 0 Å². The SMILES string of the molecule is O=C(P)Oc1ccc(I)cc1. The third kappa shape index (κ3) is 3.16. The highest BCUT2D eigenvalue weighted by atomic mass is 127. The second-order valence-corrected chi connectivity index (χ2v) is 3.59. The van der Waals surface area contributed by atoms with Crippen LogP contribution in [-0.4, -0.2) is 5.71 Å². The van der Waals surface area contributed by atoms with Crippen LogP contribution in [0, 0.1) is 3.57 Å². The van der Waals surface area contributed by atoms with E-state index < -0.39 is 0 Å². The van der Waals surface area contributed by atoms with Gasteiger partial charge in [-0.1, -0.05) is 0 Å². The minimum absolute atomic E-state index is 0.369. The Morgan fingerprint density at radius 1 is 1.36 bits per heavy atom. The molecular weight excluding hydrogens is 274 g/mol. The van der Waals surface area contributed by atoms with Gasteiger partial charge >= 0.3 is 5.71 Å². The van der Waals surface area contributed by atoms with E-state index >= 15 is 0 Å². The van der Waals surface area contributed by atoms with Crippen LogP contribution in [0.5, 0.6) is 5.75 Å². The van der Waals surface area contributed by atoms with Crippen molar-refractivity contribution in [1.29, 1.82) is 0 Å². The molecular formula is C7H6IO2P. The zero-order valence-electron chi connectivity index (χ0n) is 5.58. The van der Waals surface area contributed by atoms with Gasteiger partial charge in [-0.05, 0) is 56.1 Å². The van der Waals surface area contributed by atoms with Gasteiger partial charge in [0.15, 0.2) is 0 Å². The molecule has 2 nitrogen and oxygen atoms in total. The van der Waals surface area contributed by atoms with Crippen molar-refractivity contribution in [2.75, 3.05) is 0 Å². The van der Waals surface area contributed by atoms with Crippen LogP contribution in [-0.2, 0) is 0 Å². The molecule has 0 saturated heterocycles. The Labute approximate surface area is 80.7 Å². The average Bonchev–Trinajstić information content (AvgIpc) is 1.93. The first kappa shape index (κ1) is 8.94. The molecule has 0 spiro atoms. The summed E-state index contributed by atoms with van der Waals surface area (Å²) in [4.78, 5) is 10.4. The number of benzene rings is 1. The summed E-state index contributed by atoms with van der Waals surface area (Å²) >= 11 is 2.18. The summed E-state index contributed by atoms with van der Waals surface area (Å²) in [6.07, 6.45) is 0. The minimum atomic E-state index is -0.369. The summed E-state index contributed by atoms with van der Waals surface area (Å²) in [6, 6.07) is 7.26. The molecule has 1 rings (SSSR count). The van der Waals surface area contributed by atoms with Gasteiger partial charge in [0.05, 0.1) is 0 Å². The number of carbonyl (C=O) groups excluding carboxylic acids is 1. The molecule has 1 unspecified atom stereocenters. The fraction of sp³-hybridized carbons (Fsp3) is 0. The summed E-state index contributed by atoms with van der Waals surface area (Å²) < 4.78 is 5.91. The molecule has 0 bridgehead atoms. The molecule has 11 heavy (non-hydrogen) atoms. The quantitative estimate of drug-likeness (QED) is 0.584. The first-order valence-electron chi connectivity index (χ1n) is 2.91. The van der Waals surface area contributed by atoms with E-state index in [1.165, 1.54) is 0 Å². The molecule has 0 saturated carbocycles. The molecule has 0 fully saturated rings. The molecule has 0 amide bonds. The molecule has 0 aromatic heterocycles. The summed E-state index contributed by atoms with van der Waals surface area (Å²) in [5.74, 6) is 0.574. The van der Waals surface area contributed by atoms with Crippen molar-refractivity contribution in [2.24, 2.45) is 0 Å². The van der Waals surface area contributed by atoms with E-state index in [2.05, 4.69) is 22.6 Å². The molecule has 0 heterocycles. The Morgan fingerprint density at radius 3 is 2.36 bits per heavy atom. The smallest absolute Gasteiger partial charge is 0.325 e. The average molecular weight is 280 g/mol. The molecule has 0 aliphatic rings. The second-order valence-electron chi connectivity index (χ2n) is 1.88. The monoisotopic (exact) mass is 280 g/mol. The molecule has 4 heteroatoms. The number of carbonyl (C=O) groups is 1. The van der Waals surface area contributed by atoms with Crippen molar-refractivity contribution in [3.05, 3.63) is 27.8 Å². The van der Waals surface area contributed by atoms with Crippen LogP contribution >= 0.6 is 31.8 Å². The normalized spacial score (nSPS) is 9.27. The first-order chi connectivity index (χ1) is 5.18. The highest BCUT2D eigenvalue weighted by Crippen LogP contribution is 2.14.